The average Bonchev–Trinajstić information content (AvgIpc) is 2.26. The molecule has 0 spiro atoms. The van der Waals surface area contributed by atoms with Crippen molar-refractivity contribution in [1.82, 2.24) is 10.2 Å². The van der Waals surface area contributed by atoms with Gasteiger partial charge in [0.05, 0.1) is 5.92 Å². The number of hydrogen-bond donors (Lipinski definition) is 3. The molecular formula is C12H21N3O4. The molecule has 0 aromatic rings. The van der Waals surface area contributed by atoms with Crippen molar-refractivity contribution in [3.05, 3.63) is 0 Å². The summed E-state index contributed by atoms with van der Waals surface area (Å²) in [6.07, 6.45) is 1.29. The van der Waals surface area contributed by atoms with Gasteiger partial charge in [0, 0.05) is 25.0 Å². The van der Waals surface area contributed by atoms with Crippen molar-refractivity contribution in [2.45, 2.75) is 38.6 Å². The van der Waals surface area contributed by atoms with E-state index in [1.54, 1.807) is 13.8 Å². The van der Waals surface area contributed by atoms with Crippen LogP contribution in [0.4, 0.5) is 4.79 Å². The van der Waals surface area contributed by atoms with E-state index in [-0.39, 0.29) is 19.0 Å². The first-order valence-corrected chi connectivity index (χ1v) is 6.29. The van der Waals surface area contributed by atoms with Crippen LogP contribution in [0.3, 0.4) is 0 Å². The van der Waals surface area contributed by atoms with Crippen molar-refractivity contribution in [2.75, 3.05) is 13.1 Å². The average molecular weight is 271 g/mol. The number of carbonyl (C=O) groups is 3. The smallest absolute Gasteiger partial charge is 0.317 e. The van der Waals surface area contributed by atoms with Gasteiger partial charge in [-0.3, -0.25) is 9.59 Å². The highest BCUT2D eigenvalue weighted by Gasteiger charge is 2.31. The van der Waals surface area contributed by atoms with Gasteiger partial charge in [-0.05, 0) is 26.7 Å². The van der Waals surface area contributed by atoms with Gasteiger partial charge in [-0.2, -0.15) is 0 Å². The van der Waals surface area contributed by atoms with Crippen LogP contribution in [-0.4, -0.2) is 46.5 Å². The van der Waals surface area contributed by atoms with Crippen molar-refractivity contribution in [1.29, 1.82) is 0 Å². The lowest BCUT2D eigenvalue weighted by molar-refractivity contribution is -0.143. The topological polar surface area (TPSA) is 113 Å². The lowest BCUT2D eigenvalue weighted by Crippen LogP contribution is -2.54. The molecule has 1 aliphatic heterocycles. The number of rotatable bonds is 4. The van der Waals surface area contributed by atoms with Crippen LogP contribution >= 0.6 is 0 Å². The van der Waals surface area contributed by atoms with Crippen LogP contribution in [0.1, 0.15) is 33.1 Å². The molecule has 1 aliphatic rings. The molecule has 3 amide bonds. The van der Waals surface area contributed by atoms with Crippen LogP contribution in [0.2, 0.25) is 0 Å². The van der Waals surface area contributed by atoms with Gasteiger partial charge in [0.2, 0.25) is 5.91 Å². The number of amides is 3. The summed E-state index contributed by atoms with van der Waals surface area (Å²) >= 11 is 0. The number of primary amides is 1. The summed E-state index contributed by atoms with van der Waals surface area (Å²) in [6.45, 7) is 4.14. The van der Waals surface area contributed by atoms with Crippen molar-refractivity contribution < 1.29 is 19.5 Å². The molecular weight excluding hydrogens is 250 g/mol. The Hall–Kier alpha value is -1.79. The summed E-state index contributed by atoms with van der Waals surface area (Å²) in [6, 6.07) is -0.350. The number of nitrogens with two attached hydrogens (primary N) is 1. The molecule has 0 bridgehead atoms. The molecule has 19 heavy (non-hydrogen) atoms. The highest BCUT2D eigenvalue weighted by Crippen LogP contribution is 2.17. The van der Waals surface area contributed by atoms with E-state index in [1.165, 1.54) is 4.90 Å². The number of urea groups is 1. The molecule has 0 unspecified atom stereocenters. The third-order valence-corrected chi connectivity index (χ3v) is 3.12. The van der Waals surface area contributed by atoms with E-state index in [4.69, 9.17) is 10.8 Å². The van der Waals surface area contributed by atoms with Gasteiger partial charge in [0.15, 0.2) is 0 Å². The molecule has 0 saturated carbocycles. The number of nitrogens with one attached hydrogen (secondary N) is 1. The standard InChI is InChI=1S/C12H21N3O4/c1-12(2,6-9(13)16)14-11(19)15-5-3-4-8(7-15)10(17)18/h8H,3-7H2,1-2H3,(H2,13,16)(H,14,19)(H,17,18)/t8-/m0/s1. The normalized spacial score (nSPS) is 19.9. The maximum absolute atomic E-state index is 12.0. The summed E-state index contributed by atoms with van der Waals surface area (Å²) in [4.78, 5) is 35.3. The van der Waals surface area contributed by atoms with Crippen LogP contribution < -0.4 is 11.1 Å². The zero-order chi connectivity index (χ0) is 14.6. The first kappa shape index (κ1) is 15.3. The van der Waals surface area contributed by atoms with E-state index >= 15 is 0 Å². The zero-order valence-corrected chi connectivity index (χ0v) is 11.3. The minimum Gasteiger partial charge on any atom is -0.481 e. The largest absolute Gasteiger partial charge is 0.481 e. The van der Waals surface area contributed by atoms with Gasteiger partial charge >= 0.3 is 12.0 Å². The van der Waals surface area contributed by atoms with Gasteiger partial charge in [-0.25, -0.2) is 4.79 Å². The Bertz CT molecular complexity index is 381. The fraction of sp³-hybridized carbons (Fsp3) is 0.750. The quantitative estimate of drug-likeness (QED) is 0.675. The minimum atomic E-state index is -0.881. The maximum Gasteiger partial charge on any atom is 0.317 e. The van der Waals surface area contributed by atoms with Crippen molar-refractivity contribution in [3.8, 4) is 0 Å². The fourth-order valence-corrected chi connectivity index (χ4v) is 2.21. The third kappa shape index (κ3) is 4.76. The van der Waals surface area contributed by atoms with Crippen LogP contribution in [0.5, 0.6) is 0 Å². The predicted molar refractivity (Wildman–Crippen MR) is 68.4 cm³/mol. The van der Waals surface area contributed by atoms with Gasteiger partial charge in [0.1, 0.15) is 0 Å². The Morgan fingerprint density at radius 2 is 2.05 bits per heavy atom. The van der Waals surface area contributed by atoms with Crippen LogP contribution in [-0.2, 0) is 9.59 Å². The summed E-state index contributed by atoms with van der Waals surface area (Å²) in [5.41, 5.74) is 4.38. The summed E-state index contributed by atoms with van der Waals surface area (Å²) < 4.78 is 0. The summed E-state index contributed by atoms with van der Waals surface area (Å²) in [5, 5.41) is 11.7. The summed E-state index contributed by atoms with van der Waals surface area (Å²) in [5.74, 6) is -1.89. The highest BCUT2D eigenvalue weighted by atomic mass is 16.4. The molecule has 1 rings (SSSR count). The molecule has 0 aliphatic carbocycles. The van der Waals surface area contributed by atoms with Gasteiger partial charge in [0.25, 0.3) is 0 Å². The Balaban J connectivity index is 2.57. The predicted octanol–water partition coefficient (Wildman–Crippen LogP) is 0.147. The third-order valence-electron chi connectivity index (χ3n) is 3.12. The van der Waals surface area contributed by atoms with E-state index in [0.29, 0.717) is 19.4 Å². The van der Waals surface area contributed by atoms with Crippen LogP contribution in [0, 0.1) is 5.92 Å². The molecule has 0 radical (unpaired) electrons. The number of carboxylic acids is 1. The highest BCUT2D eigenvalue weighted by molar-refractivity contribution is 5.79. The van der Waals surface area contributed by atoms with Crippen LogP contribution in [0.15, 0.2) is 0 Å². The molecule has 7 heteroatoms. The Labute approximate surface area is 112 Å². The summed E-state index contributed by atoms with van der Waals surface area (Å²) in [7, 11) is 0. The SMILES string of the molecule is CC(C)(CC(N)=O)NC(=O)N1CCC[C@H](C(=O)O)C1. The van der Waals surface area contributed by atoms with E-state index in [1.807, 2.05) is 0 Å². The molecule has 7 nitrogen and oxygen atoms in total. The van der Waals surface area contributed by atoms with Gasteiger partial charge in [-0.1, -0.05) is 0 Å². The Kier molecular flexibility index (Phi) is 4.74. The molecule has 108 valence electrons. The molecule has 1 saturated heterocycles. The van der Waals surface area contributed by atoms with Crippen molar-refractivity contribution in [2.24, 2.45) is 11.7 Å². The first-order valence-electron chi connectivity index (χ1n) is 6.29. The number of carboxylic acid groups (broad SMARTS) is 1. The van der Waals surface area contributed by atoms with E-state index in [2.05, 4.69) is 5.32 Å². The number of carbonyl (C=O) groups excluding carboxylic acids is 2. The van der Waals surface area contributed by atoms with E-state index in [9.17, 15) is 14.4 Å². The molecule has 0 aromatic heterocycles. The van der Waals surface area contributed by atoms with Gasteiger partial charge < -0.3 is 21.1 Å². The number of nitrogens with zero attached hydrogens (tertiary/aromatic N) is 1. The van der Waals surface area contributed by atoms with E-state index in [0.717, 1.165) is 0 Å². The second-order valence-electron chi connectivity index (χ2n) is 5.58. The monoisotopic (exact) mass is 271 g/mol. The van der Waals surface area contributed by atoms with Crippen LogP contribution in [0.25, 0.3) is 0 Å². The number of hydrogen-bond acceptors (Lipinski definition) is 3. The second-order valence-corrected chi connectivity index (χ2v) is 5.58. The number of piperidine rings is 1. The second kappa shape index (κ2) is 5.90. The molecule has 4 N–H and O–H groups in total. The van der Waals surface area contributed by atoms with Gasteiger partial charge in [-0.15, -0.1) is 0 Å². The maximum atomic E-state index is 12.0. The number of likely N-dealkylation sites (tertiary alicyclic amines) is 1. The fourth-order valence-electron chi connectivity index (χ4n) is 2.21. The lowest BCUT2D eigenvalue weighted by atomic mass is 9.98. The molecule has 1 atom stereocenters. The zero-order valence-electron chi connectivity index (χ0n) is 11.3. The minimum absolute atomic E-state index is 0.0366. The first-order chi connectivity index (χ1) is 8.71. The Morgan fingerprint density at radius 3 is 2.58 bits per heavy atom. The van der Waals surface area contributed by atoms with E-state index < -0.39 is 23.3 Å². The van der Waals surface area contributed by atoms with Crippen molar-refractivity contribution in [3.63, 3.8) is 0 Å². The molecule has 0 aromatic carbocycles. The molecule has 1 fully saturated rings. The number of aliphatic carboxylic acids is 1. The Morgan fingerprint density at radius 1 is 1.42 bits per heavy atom. The lowest BCUT2D eigenvalue weighted by Gasteiger charge is -2.34. The van der Waals surface area contributed by atoms with Crippen molar-refractivity contribution >= 4 is 17.9 Å². The molecule has 1 heterocycles.